The van der Waals surface area contributed by atoms with Crippen LogP contribution in [-0.2, 0) is 0 Å². The van der Waals surface area contributed by atoms with Crippen molar-refractivity contribution in [2.24, 2.45) is 0 Å². The number of aromatic nitrogens is 1. The van der Waals surface area contributed by atoms with Crippen molar-refractivity contribution in [3.05, 3.63) is 63.9 Å². The predicted octanol–water partition coefficient (Wildman–Crippen LogP) is 3.88. The Hall–Kier alpha value is -1.58. The van der Waals surface area contributed by atoms with Gasteiger partial charge >= 0.3 is 0 Å². The van der Waals surface area contributed by atoms with Gasteiger partial charge in [-0.3, -0.25) is 9.78 Å². The van der Waals surface area contributed by atoms with Crippen LogP contribution in [0.15, 0.2) is 42.6 Å². The third kappa shape index (κ3) is 3.46. The average molecular weight is 295 g/mol. The number of pyridine rings is 1. The van der Waals surface area contributed by atoms with Crippen molar-refractivity contribution in [2.75, 3.05) is 0 Å². The van der Waals surface area contributed by atoms with Crippen LogP contribution in [-0.4, -0.2) is 10.9 Å². The summed E-state index contributed by atoms with van der Waals surface area (Å²) in [5.41, 5.74) is 1.27. The number of carbonyl (C=O) groups is 1. The molecule has 19 heavy (non-hydrogen) atoms. The molecule has 0 radical (unpaired) electrons. The summed E-state index contributed by atoms with van der Waals surface area (Å²) in [5.74, 6) is -0.223. The minimum Gasteiger partial charge on any atom is -0.344 e. The summed E-state index contributed by atoms with van der Waals surface area (Å²) in [6.45, 7) is 1.88. The molecule has 3 nitrogen and oxygen atoms in total. The molecule has 1 atom stereocenters. The fourth-order valence-corrected chi connectivity index (χ4v) is 1.94. The van der Waals surface area contributed by atoms with Crippen molar-refractivity contribution in [3.63, 3.8) is 0 Å². The van der Waals surface area contributed by atoms with E-state index in [9.17, 15) is 4.79 Å². The largest absolute Gasteiger partial charge is 0.344 e. The number of benzene rings is 1. The van der Waals surface area contributed by atoms with Gasteiger partial charge in [0.1, 0.15) is 5.69 Å². The van der Waals surface area contributed by atoms with E-state index < -0.39 is 0 Å². The van der Waals surface area contributed by atoms with Gasteiger partial charge in [0.25, 0.3) is 5.91 Å². The van der Waals surface area contributed by atoms with Crippen LogP contribution in [0.5, 0.6) is 0 Å². The van der Waals surface area contributed by atoms with E-state index in [0.717, 1.165) is 5.56 Å². The Morgan fingerprint density at radius 1 is 1.21 bits per heavy atom. The molecule has 0 saturated carbocycles. The number of nitrogens with zero attached hydrogens (tertiary/aromatic N) is 1. The molecule has 98 valence electrons. The molecule has 0 aliphatic rings. The smallest absolute Gasteiger partial charge is 0.270 e. The van der Waals surface area contributed by atoms with E-state index in [0.29, 0.717) is 15.7 Å². The maximum Gasteiger partial charge on any atom is 0.270 e. The summed E-state index contributed by atoms with van der Waals surface area (Å²) >= 11 is 11.8. The van der Waals surface area contributed by atoms with Crippen molar-refractivity contribution < 1.29 is 4.79 Å². The topological polar surface area (TPSA) is 42.0 Å². The van der Waals surface area contributed by atoms with Gasteiger partial charge in [-0.25, -0.2) is 0 Å². The third-order valence-electron chi connectivity index (χ3n) is 2.69. The van der Waals surface area contributed by atoms with Crippen molar-refractivity contribution in [3.8, 4) is 0 Å². The average Bonchev–Trinajstić information content (AvgIpc) is 2.42. The number of carbonyl (C=O) groups excluding carboxylic acids is 1. The molecular weight excluding hydrogens is 283 g/mol. The second-order valence-electron chi connectivity index (χ2n) is 4.08. The van der Waals surface area contributed by atoms with Crippen LogP contribution in [0.25, 0.3) is 0 Å². The quantitative estimate of drug-likeness (QED) is 0.933. The lowest BCUT2D eigenvalue weighted by molar-refractivity contribution is 0.0935. The third-order valence-corrected chi connectivity index (χ3v) is 3.43. The van der Waals surface area contributed by atoms with Crippen molar-refractivity contribution in [2.45, 2.75) is 13.0 Å². The highest BCUT2D eigenvalue weighted by molar-refractivity contribution is 6.42. The van der Waals surface area contributed by atoms with E-state index in [2.05, 4.69) is 10.3 Å². The molecule has 0 aliphatic carbocycles. The number of hydrogen-bond acceptors (Lipinski definition) is 2. The number of halogens is 2. The Morgan fingerprint density at radius 3 is 2.63 bits per heavy atom. The summed E-state index contributed by atoms with van der Waals surface area (Å²) in [6.07, 6.45) is 1.58. The summed E-state index contributed by atoms with van der Waals surface area (Å²) in [5, 5.41) is 3.82. The van der Waals surface area contributed by atoms with Crippen LogP contribution in [0.1, 0.15) is 29.0 Å². The first-order valence-electron chi connectivity index (χ1n) is 5.75. The van der Waals surface area contributed by atoms with Gasteiger partial charge in [0.15, 0.2) is 0 Å². The molecule has 1 heterocycles. The van der Waals surface area contributed by atoms with E-state index in [1.165, 1.54) is 0 Å². The fourth-order valence-electron chi connectivity index (χ4n) is 1.63. The lowest BCUT2D eigenvalue weighted by atomic mass is 10.1. The monoisotopic (exact) mass is 294 g/mol. The maximum absolute atomic E-state index is 11.9. The van der Waals surface area contributed by atoms with Crippen LogP contribution >= 0.6 is 23.2 Å². The van der Waals surface area contributed by atoms with Crippen molar-refractivity contribution >= 4 is 29.1 Å². The molecule has 1 aromatic heterocycles. The zero-order chi connectivity index (χ0) is 13.8. The summed E-state index contributed by atoms with van der Waals surface area (Å²) < 4.78 is 0. The molecule has 1 N–H and O–H groups in total. The molecule has 1 amide bonds. The Morgan fingerprint density at radius 2 is 2.00 bits per heavy atom. The lowest BCUT2D eigenvalue weighted by Gasteiger charge is -2.14. The van der Waals surface area contributed by atoms with Crippen molar-refractivity contribution in [1.82, 2.24) is 10.3 Å². The molecule has 1 aromatic carbocycles. The minimum absolute atomic E-state index is 0.177. The standard InChI is InChI=1S/C14H12Cl2N2O/c1-9(10-5-6-11(15)12(16)8-10)18-14(19)13-4-2-3-7-17-13/h2-9H,1H3,(H,18,19)/t9-/m0/s1. The van der Waals surface area contributed by atoms with E-state index in [1.807, 2.05) is 13.0 Å². The molecule has 5 heteroatoms. The maximum atomic E-state index is 11.9. The molecule has 0 saturated heterocycles. The highest BCUT2D eigenvalue weighted by Crippen LogP contribution is 2.25. The van der Waals surface area contributed by atoms with Gasteiger partial charge in [-0.2, -0.15) is 0 Å². The summed E-state index contributed by atoms with van der Waals surface area (Å²) in [4.78, 5) is 15.9. The second kappa shape index (κ2) is 6.04. The van der Waals surface area contributed by atoms with Gasteiger partial charge in [0.2, 0.25) is 0 Å². The Balaban J connectivity index is 2.10. The molecule has 0 spiro atoms. The zero-order valence-corrected chi connectivity index (χ0v) is 11.7. The number of hydrogen-bond donors (Lipinski definition) is 1. The highest BCUT2D eigenvalue weighted by atomic mass is 35.5. The van der Waals surface area contributed by atoms with Crippen LogP contribution in [0.3, 0.4) is 0 Å². The van der Waals surface area contributed by atoms with Gasteiger partial charge in [-0.05, 0) is 36.8 Å². The predicted molar refractivity (Wildman–Crippen MR) is 76.6 cm³/mol. The van der Waals surface area contributed by atoms with E-state index in [4.69, 9.17) is 23.2 Å². The van der Waals surface area contributed by atoms with Crippen LogP contribution in [0, 0.1) is 0 Å². The Kier molecular flexibility index (Phi) is 4.40. The van der Waals surface area contributed by atoms with Crippen LogP contribution in [0.2, 0.25) is 10.0 Å². The Bertz CT molecular complexity index is 587. The fraction of sp³-hybridized carbons (Fsp3) is 0.143. The number of rotatable bonds is 3. The lowest BCUT2D eigenvalue weighted by Crippen LogP contribution is -2.27. The van der Waals surface area contributed by atoms with E-state index in [-0.39, 0.29) is 11.9 Å². The van der Waals surface area contributed by atoms with Gasteiger partial charge < -0.3 is 5.32 Å². The van der Waals surface area contributed by atoms with Crippen molar-refractivity contribution in [1.29, 1.82) is 0 Å². The van der Waals surface area contributed by atoms with Gasteiger partial charge in [0.05, 0.1) is 16.1 Å². The number of amides is 1. The summed E-state index contributed by atoms with van der Waals surface area (Å²) in [7, 11) is 0. The minimum atomic E-state index is -0.223. The Labute approximate surface area is 121 Å². The number of nitrogens with one attached hydrogen (secondary N) is 1. The van der Waals surface area contributed by atoms with E-state index >= 15 is 0 Å². The molecule has 0 unspecified atom stereocenters. The van der Waals surface area contributed by atoms with E-state index in [1.54, 1.807) is 36.5 Å². The zero-order valence-electron chi connectivity index (χ0n) is 10.2. The molecule has 2 aromatic rings. The second-order valence-corrected chi connectivity index (χ2v) is 4.90. The summed E-state index contributed by atoms with van der Waals surface area (Å²) in [6, 6.07) is 10.3. The molecule has 0 bridgehead atoms. The van der Waals surface area contributed by atoms with Gasteiger partial charge in [-0.1, -0.05) is 35.3 Å². The molecule has 2 rings (SSSR count). The first kappa shape index (κ1) is 13.8. The molecule has 0 fully saturated rings. The SMILES string of the molecule is C[C@H](NC(=O)c1ccccn1)c1ccc(Cl)c(Cl)c1. The van der Waals surface area contributed by atoms with Gasteiger partial charge in [-0.15, -0.1) is 0 Å². The molecular formula is C14H12Cl2N2O. The van der Waals surface area contributed by atoms with Gasteiger partial charge in [0, 0.05) is 6.20 Å². The normalized spacial score (nSPS) is 11.9. The first-order valence-corrected chi connectivity index (χ1v) is 6.50. The highest BCUT2D eigenvalue weighted by Gasteiger charge is 2.13. The first-order chi connectivity index (χ1) is 9.08. The van der Waals surface area contributed by atoms with Crippen LogP contribution in [0.4, 0.5) is 0 Å². The molecule has 0 aliphatic heterocycles. The van der Waals surface area contributed by atoms with Crippen LogP contribution < -0.4 is 5.32 Å².